The zero-order valence-corrected chi connectivity index (χ0v) is 8.57. The van der Waals surface area contributed by atoms with Crippen LogP contribution in [0.25, 0.3) is 0 Å². The van der Waals surface area contributed by atoms with Gasteiger partial charge >= 0.3 is 0 Å². The number of rotatable bonds is 0. The molecule has 0 aliphatic heterocycles. The van der Waals surface area contributed by atoms with E-state index in [0.717, 1.165) is 11.8 Å². The van der Waals surface area contributed by atoms with Gasteiger partial charge in [-0.05, 0) is 11.8 Å². The molecule has 0 spiro atoms. The molecule has 0 fully saturated rings. The van der Waals surface area contributed by atoms with Crippen molar-refractivity contribution in [1.82, 2.24) is 0 Å². The Kier molecular flexibility index (Phi) is 26.0. The highest BCUT2D eigenvalue weighted by Gasteiger charge is 1.68. The lowest BCUT2D eigenvalue weighted by Gasteiger charge is -1.79. The van der Waals surface area contributed by atoms with Crippen LogP contribution in [0, 0.1) is 11.8 Å². The van der Waals surface area contributed by atoms with Gasteiger partial charge in [0.05, 0.1) is 0 Å². The van der Waals surface area contributed by atoms with E-state index in [1.165, 1.54) is 0 Å². The summed E-state index contributed by atoms with van der Waals surface area (Å²) < 4.78 is 0. The van der Waals surface area contributed by atoms with Gasteiger partial charge in [-0.15, -0.1) is 13.2 Å². The molecule has 0 amide bonds. The van der Waals surface area contributed by atoms with Gasteiger partial charge in [-0.3, -0.25) is 0 Å². The molecule has 10 heavy (non-hydrogen) atoms. The van der Waals surface area contributed by atoms with Gasteiger partial charge in [0.15, 0.2) is 0 Å². The zero-order valence-electron chi connectivity index (χ0n) is 8.57. The van der Waals surface area contributed by atoms with Crippen LogP contribution in [0.15, 0.2) is 13.2 Å². The van der Waals surface area contributed by atoms with Crippen LogP contribution in [0.3, 0.4) is 0 Å². The van der Waals surface area contributed by atoms with Gasteiger partial charge in [-0.1, -0.05) is 41.5 Å². The first-order valence-electron chi connectivity index (χ1n) is 3.96. The Balaban J connectivity index is -0.0000000787. The molecule has 0 heterocycles. The molecule has 0 unspecified atom stereocenters. The van der Waals surface area contributed by atoms with Crippen molar-refractivity contribution in [3.63, 3.8) is 0 Å². The molecule has 0 aromatic carbocycles. The van der Waals surface area contributed by atoms with Crippen molar-refractivity contribution in [2.24, 2.45) is 11.8 Å². The Bertz CT molecular complexity index is 23.8. The summed E-state index contributed by atoms with van der Waals surface area (Å²) in [5, 5.41) is 0. The molecule has 0 aliphatic rings. The highest BCUT2D eigenvalue weighted by Crippen LogP contribution is 1.81. The van der Waals surface area contributed by atoms with Gasteiger partial charge in [0.2, 0.25) is 0 Å². The molecule has 0 heteroatoms. The Morgan fingerprint density at radius 2 is 0.600 bits per heavy atom. The summed E-state index contributed by atoms with van der Waals surface area (Å²) in [7, 11) is 0. The summed E-state index contributed by atoms with van der Waals surface area (Å²) in [6, 6.07) is 0. The van der Waals surface area contributed by atoms with E-state index in [1.807, 2.05) is 0 Å². The maximum atomic E-state index is 3.00. The number of hydrogen-bond acceptors (Lipinski definition) is 0. The lowest BCUT2D eigenvalue weighted by atomic mass is 10.3. The SMILES string of the molecule is C=C.CC(C)C.CC(C)C. The average molecular weight is 144 g/mol. The first-order valence-corrected chi connectivity index (χ1v) is 3.96. The van der Waals surface area contributed by atoms with Crippen molar-refractivity contribution < 1.29 is 0 Å². The van der Waals surface area contributed by atoms with E-state index in [1.54, 1.807) is 0 Å². The molecular weight excluding hydrogens is 120 g/mol. The van der Waals surface area contributed by atoms with Crippen molar-refractivity contribution >= 4 is 0 Å². The van der Waals surface area contributed by atoms with Crippen LogP contribution >= 0.6 is 0 Å². The molecular formula is C10H24. The monoisotopic (exact) mass is 144 g/mol. The Hall–Kier alpha value is -0.260. The maximum absolute atomic E-state index is 3.00. The predicted octanol–water partition coefficient (Wildman–Crippen LogP) is 4.13. The fraction of sp³-hybridized carbons (Fsp3) is 0.800. The van der Waals surface area contributed by atoms with Gasteiger partial charge in [0.25, 0.3) is 0 Å². The summed E-state index contributed by atoms with van der Waals surface area (Å²) in [4.78, 5) is 0. The minimum atomic E-state index is 0.833. The predicted molar refractivity (Wildman–Crippen MR) is 52.3 cm³/mol. The third-order valence-corrected chi connectivity index (χ3v) is 0. The largest absolute Gasteiger partial charge is 0.106 e. The van der Waals surface area contributed by atoms with Gasteiger partial charge in [-0.25, -0.2) is 0 Å². The highest BCUT2D eigenvalue weighted by molar-refractivity contribution is 4.22. The molecule has 0 saturated carbocycles. The van der Waals surface area contributed by atoms with Crippen molar-refractivity contribution in [1.29, 1.82) is 0 Å². The van der Waals surface area contributed by atoms with Gasteiger partial charge in [-0.2, -0.15) is 0 Å². The van der Waals surface area contributed by atoms with E-state index >= 15 is 0 Å². The van der Waals surface area contributed by atoms with Crippen molar-refractivity contribution in [2.45, 2.75) is 41.5 Å². The van der Waals surface area contributed by atoms with E-state index in [2.05, 4.69) is 54.7 Å². The smallest absolute Gasteiger partial charge is 0.0500 e. The van der Waals surface area contributed by atoms with Crippen LogP contribution in [0.2, 0.25) is 0 Å². The summed E-state index contributed by atoms with van der Waals surface area (Å²) in [5.41, 5.74) is 0. The Morgan fingerprint density at radius 1 is 0.600 bits per heavy atom. The number of hydrogen-bond donors (Lipinski definition) is 0. The van der Waals surface area contributed by atoms with Gasteiger partial charge < -0.3 is 0 Å². The van der Waals surface area contributed by atoms with E-state index in [0.29, 0.717) is 0 Å². The molecule has 0 saturated heterocycles. The van der Waals surface area contributed by atoms with Crippen molar-refractivity contribution in [3.05, 3.63) is 13.2 Å². The summed E-state index contributed by atoms with van der Waals surface area (Å²) >= 11 is 0. The standard InChI is InChI=1S/2C4H10.C2H4/c2*1-4(2)3;1-2/h2*4H,1-3H3;1-2H2. The maximum Gasteiger partial charge on any atom is -0.0500 e. The molecule has 0 radical (unpaired) electrons. The third kappa shape index (κ3) is 5200. The molecule has 0 aromatic rings. The van der Waals surface area contributed by atoms with Crippen LogP contribution in [0.1, 0.15) is 41.5 Å². The van der Waals surface area contributed by atoms with E-state index in [4.69, 9.17) is 0 Å². The topological polar surface area (TPSA) is 0 Å². The lowest BCUT2D eigenvalue weighted by Crippen LogP contribution is -1.66. The first kappa shape index (κ1) is 16.4. The molecule has 0 aromatic heterocycles. The molecule has 0 atom stereocenters. The molecule has 0 nitrogen and oxygen atoms in total. The third-order valence-electron chi connectivity index (χ3n) is 0. The van der Waals surface area contributed by atoms with Crippen molar-refractivity contribution in [3.8, 4) is 0 Å². The van der Waals surface area contributed by atoms with Crippen LogP contribution in [-0.4, -0.2) is 0 Å². The second kappa shape index (κ2) is 15.9. The molecule has 0 N–H and O–H groups in total. The lowest BCUT2D eigenvalue weighted by molar-refractivity contribution is 0.736. The fourth-order valence-electron chi connectivity index (χ4n) is 0. The summed E-state index contributed by atoms with van der Waals surface area (Å²) in [5.74, 6) is 1.67. The summed E-state index contributed by atoms with van der Waals surface area (Å²) in [6.45, 7) is 19.0. The fourth-order valence-corrected chi connectivity index (χ4v) is 0. The average Bonchev–Trinajstić information content (AvgIpc) is 1.66. The zero-order chi connectivity index (χ0) is 9.15. The second-order valence-electron chi connectivity index (χ2n) is 3.46. The second-order valence-corrected chi connectivity index (χ2v) is 3.46. The first-order chi connectivity index (χ1) is 4.46. The van der Waals surface area contributed by atoms with E-state index < -0.39 is 0 Å². The normalized spacial score (nSPS) is 7.60. The van der Waals surface area contributed by atoms with Crippen LogP contribution < -0.4 is 0 Å². The molecule has 0 rings (SSSR count). The molecule has 0 bridgehead atoms. The summed E-state index contributed by atoms with van der Waals surface area (Å²) in [6.07, 6.45) is 0. The quantitative estimate of drug-likeness (QED) is 0.448. The minimum absolute atomic E-state index is 0.833. The van der Waals surface area contributed by atoms with Gasteiger partial charge in [0, 0.05) is 0 Å². The highest BCUT2D eigenvalue weighted by atomic mass is 13.7. The van der Waals surface area contributed by atoms with Crippen LogP contribution in [-0.2, 0) is 0 Å². The minimum Gasteiger partial charge on any atom is -0.106 e. The molecule has 64 valence electrons. The molecule has 0 aliphatic carbocycles. The Morgan fingerprint density at radius 3 is 0.600 bits per heavy atom. The Labute approximate surface area is 67.3 Å². The van der Waals surface area contributed by atoms with Crippen LogP contribution in [0.5, 0.6) is 0 Å². The van der Waals surface area contributed by atoms with E-state index in [9.17, 15) is 0 Å². The van der Waals surface area contributed by atoms with Gasteiger partial charge in [0.1, 0.15) is 0 Å². The van der Waals surface area contributed by atoms with E-state index in [-0.39, 0.29) is 0 Å². The van der Waals surface area contributed by atoms with Crippen LogP contribution in [0.4, 0.5) is 0 Å². The van der Waals surface area contributed by atoms with Crippen molar-refractivity contribution in [2.75, 3.05) is 0 Å².